The van der Waals surface area contributed by atoms with Crippen LogP contribution in [0.4, 0.5) is 14.9 Å². The number of halogens is 1. The van der Waals surface area contributed by atoms with E-state index in [2.05, 4.69) is 47.7 Å². The van der Waals surface area contributed by atoms with E-state index in [4.69, 9.17) is 4.74 Å². The Morgan fingerprint density at radius 3 is 2.35 bits per heavy atom. The lowest BCUT2D eigenvalue weighted by atomic mass is 9.91. The fraction of sp³-hybridized carbons (Fsp3) is 0.323. The number of carbonyl (C=O) groups excluding carboxylic acids is 1. The van der Waals surface area contributed by atoms with E-state index in [-0.39, 0.29) is 11.9 Å². The normalized spacial score (nSPS) is 17.7. The predicted octanol–water partition coefficient (Wildman–Crippen LogP) is 7.02. The van der Waals surface area contributed by atoms with Gasteiger partial charge in [-0.05, 0) is 66.9 Å². The standard InChI is InChI=1S/C31H32FN3O2/c1-22(2)34-20-25(28-18-24(10-13-29(28)34)23-8-11-26(32)12-9-23)19-33-16-14-31(15-17-33)21-35(30(36)37-31)27-6-4-3-5-7-27/h3-13,18,20,22H,14-17,19,21H2,1-2H3. The number of rotatable bonds is 5. The van der Waals surface area contributed by atoms with Crippen LogP contribution in [0.3, 0.4) is 0 Å². The van der Waals surface area contributed by atoms with Crippen molar-refractivity contribution in [3.8, 4) is 11.1 Å². The third-order valence-corrected chi connectivity index (χ3v) is 7.85. The number of piperidine rings is 1. The summed E-state index contributed by atoms with van der Waals surface area (Å²) in [4.78, 5) is 16.9. The Bertz CT molecular complexity index is 1420. The van der Waals surface area contributed by atoms with Gasteiger partial charge in [0.15, 0.2) is 0 Å². The molecule has 3 heterocycles. The molecule has 5 nitrogen and oxygen atoms in total. The fourth-order valence-electron chi connectivity index (χ4n) is 5.75. The number of nitrogens with zero attached hydrogens (tertiary/aromatic N) is 3. The number of ether oxygens (including phenoxy) is 1. The highest BCUT2D eigenvalue weighted by atomic mass is 19.1. The highest BCUT2D eigenvalue weighted by Gasteiger charge is 2.47. The molecule has 0 atom stereocenters. The van der Waals surface area contributed by atoms with Crippen molar-refractivity contribution in [2.45, 2.75) is 44.9 Å². The molecule has 0 aliphatic carbocycles. The zero-order chi connectivity index (χ0) is 25.6. The first kappa shape index (κ1) is 23.7. The SMILES string of the molecule is CC(C)n1cc(CN2CCC3(CC2)CN(c2ccccc2)C(=O)O3)c2cc(-c3ccc(F)cc3)ccc21. The zero-order valence-electron chi connectivity index (χ0n) is 21.4. The van der Waals surface area contributed by atoms with Gasteiger partial charge in [-0.25, -0.2) is 9.18 Å². The second kappa shape index (κ2) is 9.34. The minimum Gasteiger partial charge on any atom is -0.441 e. The average Bonchev–Trinajstić information content (AvgIpc) is 3.43. The van der Waals surface area contributed by atoms with Gasteiger partial charge in [0.25, 0.3) is 0 Å². The van der Waals surface area contributed by atoms with Crippen molar-refractivity contribution in [3.63, 3.8) is 0 Å². The van der Waals surface area contributed by atoms with Crippen LogP contribution in [0, 0.1) is 5.82 Å². The second-order valence-electron chi connectivity index (χ2n) is 10.6. The van der Waals surface area contributed by atoms with Gasteiger partial charge in [-0.1, -0.05) is 36.4 Å². The maximum Gasteiger partial charge on any atom is 0.415 e. The van der Waals surface area contributed by atoms with Gasteiger partial charge in [-0.2, -0.15) is 0 Å². The summed E-state index contributed by atoms with van der Waals surface area (Å²) in [7, 11) is 0. The number of benzene rings is 3. The maximum atomic E-state index is 13.5. The van der Waals surface area contributed by atoms with Gasteiger partial charge in [0.1, 0.15) is 11.4 Å². The van der Waals surface area contributed by atoms with E-state index >= 15 is 0 Å². The first-order valence-electron chi connectivity index (χ1n) is 13.1. The molecule has 0 saturated carbocycles. The van der Waals surface area contributed by atoms with E-state index < -0.39 is 5.60 Å². The molecule has 2 aliphatic heterocycles. The molecule has 6 heteroatoms. The molecule has 2 aliphatic rings. The van der Waals surface area contributed by atoms with Crippen LogP contribution in [0.1, 0.15) is 38.3 Å². The van der Waals surface area contributed by atoms with Gasteiger partial charge in [0.2, 0.25) is 0 Å². The van der Waals surface area contributed by atoms with Crippen molar-refractivity contribution in [2.24, 2.45) is 0 Å². The third kappa shape index (κ3) is 4.51. The Hall–Kier alpha value is -3.64. The Balaban J connectivity index is 1.21. The van der Waals surface area contributed by atoms with Crippen LogP contribution in [-0.4, -0.2) is 40.8 Å². The van der Waals surface area contributed by atoms with Crippen LogP contribution >= 0.6 is 0 Å². The van der Waals surface area contributed by atoms with Gasteiger partial charge >= 0.3 is 6.09 Å². The Morgan fingerprint density at radius 2 is 1.65 bits per heavy atom. The van der Waals surface area contributed by atoms with Crippen molar-refractivity contribution in [3.05, 3.63) is 90.4 Å². The molecule has 1 aromatic heterocycles. The van der Waals surface area contributed by atoms with Crippen LogP contribution in [0.5, 0.6) is 0 Å². The number of likely N-dealkylation sites (tertiary alicyclic amines) is 1. The van der Waals surface area contributed by atoms with Crippen molar-refractivity contribution < 1.29 is 13.9 Å². The monoisotopic (exact) mass is 497 g/mol. The first-order chi connectivity index (χ1) is 17.9. The molecular weight excluding hydrogens is 465 g/mol. The molecule has 1 amide bonds. The highest BCUT2D eigenvalue weighted by molar-refractivity contribution is 5.90. The molecule has 4 aromatic rings. The quantitative estimate of drug-likeness (QED) is 0.297. The molecule has 6 rings (SSSR count). The van der Waals surface area contributed by atoms with Crippen molar-refractivity contribution >= 4 is 22.7 Å². The summed E-state index contributed by atoms with van der Waals surface area (Å²) in [5.41, 5.74) is 5.09. The van der Waals surface area contributed by atoms with E-state index in [1.54, 1.807) is 4.90 Å². The van der Waals surface area contributed by atoms with Gasteiger partial charge in [-0.15, -0.1) is 0 Å². The molecule has 3 aromatic carbocycles. The molecule has 37 heavy (non-hydrogen) atoms. The Morgan fingerprint density at radius 1 is 0.946 bits per heavy atom. The second-order valence-corrected chi connectivity index (χ2v) is 10.6. The van der Waals surface area contributed by atoms with Gasteiger partial charge < -0.3 is 9.30 Å². The number of carbonyl (C=O) groups is 1. The molecule has 0 bridgehead atoms. The van der Waals surface area contributed by atoms with Crippen LogP contribution in [0.15, 0.2) is 79.0 Å². The van der Waals surface area contributed by atoms with E-state index in [1.807, 2.05) is 42.5 Å². The van der Waals surface area contributed by atoms with Crippen molar-refractivity contribution in [2.75, 3.05) is 24.5 Å². The number of fused-ring (bicyclic) bond motifs is 1. The molecular formula is C31H32FN3O2. The van der Waals surface area contributed by atoms with E-state index in [1.165, 1.54) is 28.6 Å². The lowest BCUT2D eigenvalue weighted by Gasteiger charge is -2.37. The number of anilines is 1. The zero-order valence-corrected chi connectivity index (χ0v) is 21.4. The minimum absolute atomic E-state index is 0.223. The minimum atomic E-state index is -0.412. The maximum absolute atomic E-state index is 13.5. The van der Waals surface area contributed by atoms with Crippen LogP contribution in [0.25, 0.3) is 22.0 Å². The summed E-state index contributed by atoms with van der Waals surface area (Å²) in [6.07, 6.45) is 3.69. The van der Waals surface area contributed by atoms with E-state index in [0.717, 1.165) is 49.3 Å². The number of amides is 1. The summed E-state index contributed by atoms with van der Waals surface area (Å²) in [6.45, 7) is 7.61. The van der Waals surface area contributed by atoms with Crippen LogP contribution in [0.2, 0.25) is 0 Å². The van der Waals surface area contributed by atoms with Gasteiger partial charge in [0.05, 0.1) is 6.54 Å². The molecule has 0 unspecified atom stereocenters. The molecule has 2 saturated heterocycles. The molecule has 0 radical (unpaired) electrons. The fourth-order valence-corrected chi connectivity index (χ4v) is 5.75. The lowest BCUT2D eigenvalue weighted by Crippen LogP contribution is -2.46. The van der Waals surface area contributed by atoms with Gasteiger partial charge in [0, 0.05) is 61.3 Å². The lowest BCUT2D eigenvalue weighted by molar-refractivity contribution is -0.000890. The van der Waals surface area contributed by atoms with Crippen LogP contribution < -0.4 is 4.90 Å². The average molecular weight is 498 g/mol. The summed E-state index contributed by atoms with van der Waals surface area (Å²) >= 11 is 0. The largest absolute Gasteiger partial charge is 0.441 e. The smallest absolute Gasteiger partial charge is 0.415 e. The van der Waals surface area contributed by atoms with E-state index in [9.17, 15) is 9.18 Å². The first-order valence-corrected chi connectivity index (χ1v) is 13.1. The summed E-state index contributed by atoms with van der Waals surface area (Å²) in [6, 6.07) is 23.3. The van der Waals surface area contributed by atoms with Crippen molar-refractivity contribution in [1.29, 1.82) is 0 Å². The van der Waals surface area contributed by atoms with Gasteiger partial charge in [-0.3, -0.25) is 9.80 Å². The van der Waals surface area contributed by atoms with Crippen molar-refractivity contribution in [1.82, 2.24) is 9.47 Å². The Kier molecular flexibility index (Phi) is 6.00. The van der Waals surface area contributed by atoms with Crippen LogP contribution in [-0.2, 0) is 11.3 Å². The van der Waals surface area contributed by atoms with E-state index in [0.29, 0.717) is 12.6 Å². The topological polar surface area (TPSA) is 37.7 Å². The molecule has 0 N–H and O–H groups in total. The number of hydrogen-bond donors (Lipinski definition) is 0. The summed E-state index contributed by atoms with van der Waals surface area (Å²) < 4.78 is 21.8. The number of para-hydroxylation sites is 1. The molecule has 190 valence electrons. The molecule has 2 fully saturated rings. The summed E-state index contributed by atoms with van der Waals surface area (Å²) in [5.74, 6) is -0.223. The number of aromatic nitrogens is 1. The summed E-state index contributed by atoms with van der Waals surface area (Å²) in [5, 5.41) is 1.23. The molecule has 1 spiro atoms. The number of hydrogen-bond acceptors (Lipinski definition) is 3. The predicted molar refractivity (Wildman–Crippen MR) is 145 cm³/mol. The third-order valence-electron chi connectivity index (χ3n) is 7.85. The highest BCUT2D eigenvalue weighted by Crippen LogP contribution is 2.37. The Labute approximate surface area is 217 Å².